The minimum Gasteiger partial charge on any atom is -0.459 e. The molecular formula is C13H24O3. The Kier molecular flexibility index (Phi) is 4.00. The fourth-order valence-electron chi connectivity index (χ4n) is 2.03. The van der Waals surface area contributed by atoms with E-state index in [4.69, 9.17) is 4.74 Å². The van der Waals surface area contributed by atoms with Crippen molar-refractivity contribution < 1.29 is 14.6 Å². The number of hydrogen-bond acceptors (Lipinski definition) is 3. The fraction of sp³-hybridized carbons (Fsp3) is 0.923. The van der Waals surface area contributed by atoms with Crippen LogP contribution in [0.25, 0.3) is 0 Å². The lowest BCUT2D eigenvalue weighted by atomic mass is 9.90. The van der Waals surface area contributed by atoms with E-state index < -0.39 is 11.0 Å². The molecule has 1 rings (SSSR count). The third kappa shape index (κ3) is 2.57. The summed E-state index contributed by atoms with van der Waals surface area (Å²) in [6.07, 6.45) is 3.56. The Morgan fingerprint density at radius 3 is 2.62 bits per heavy atom. The van der Waals surface area contributed by atoms with E-state index in [1.54, 1.807) is 0 Å². The Morgan fingerprint density at radius 2 is 2.12 bits per heavy atom. The molecule has 1 aliphatic carbocycles. The van der Waals surface area contributed by atoms with Crippen molar-refractivity contribution in [2.45, 2.75) is 71.5 Å². The molecule has 1 aliphatic rings. The third-order valence-corrected chi connectivity index (χ3v) is 3.97. The molecule has 1 fully saturated rings. The summed E-state index contributed by atoms with van der Waals surface area (Å²) < 4.78 is 5.48. The molecule has 0 spiro atoms. The quantitative estimate of drug-likeness (QED) is 0.752. The standard InChI is InChI=1S/C13H24O3/c1-5-12(3,4)11(14)16-10-8-7-9-13(10,15)6-2/h10,15H,5-9H2,1-4H3. The predicted molar refractivity (Wildman–Crippen MR) is 63.0 cm³/mol. The zero-order valence-corrected chi connectivity index (χ0v) is 10.9. The van der Waals surface area contributed by atoms with E-state index in [1.165, 1.54) is 0 Å². The highest BCUT2D eigenvalue weighted by molar-refractivity contribution is 5.76. The highest BCUT2D eigenvalue weighted by Crippen LogP contribution is 2.36. The minimum absolute atomic E-state index is 0.186. The third-order valence-electron chi connectivity index (χ3n) is 3.97. The van der Waals surface area contributed by atoms with Gasteiger partial charge in [0.25, 0.3) is 0 Å². The van der Waals surface area contributed by atoms with Crippen LogP contribution < -0.4 is 0 Å². The van der Waals surface area contributed by atoms with Gasteiger partial charge < -0.3 is 9.84 Å². The molecule has 2 atom stereocenters. The summed E-state index contributed by atoms with van der Waals surface area (Å²) in [5.41, 5.74) is -1.24. The van der Waals surface area contributed by atoms with Crippen LogP contribution in [-0.4, -0.2) is 22.8 Å². The Morgan fingerprint density at radius 1 is 1.50 bits per heavy atom. The van der Waals surface area contributed by atoms with Crippen molar-refractivity contribution in [2.24, 2.45) is 5.41 Å². The van der Waals surface area contributed by atoms with Crippen LogP contribution in [0.5, 0.6) is 0 Å². The lowest BCUT2D eigenvalue weighted by Gasteiger charge is -2.31. The first-order chi connectivity index (χ1) is 7.35. The van der Waals surface area contributed by atoms with Gasteiger partial charge in [0.1, 0.15) is 11.7 Å². The first-order valence-electron chi connectivity index (χ1n) is 6.29. The summed E-state index contributed by atoms with van der Waals surface area (Å²) in [6.45, 7) is 7.68. The molecule has 0 heterocycles. The molecule has 0 amide bonds. The second-order valence-electron chi connectivity index (χ2n) is 5.48. The molecular weight excluding hydrogens is 204 g/mol. The zero-order valence-electron chi connectivity index (χ0n) is 10.9. The van der Waals surface area contributed by atoms with Gasteiger partial charge in [-0.2, -0.15) is 0 Å². The average Bonchev–Trinajstić information content (AvgIpc) is 2.61. The average molecular weight is 228 g/mol. The molecule has 0 aromatic carbocycles. The zero-order chi connectivity index (χ0) is 12.4. The summed E-state index contributed by atoms with van der Waals surface area (Å²) in [5.74, 6) is -0.186. The van der Waals surface area contributed by atoms with Crippen molar-refractivity contribution in [2.75, 3.05) is 0 Å². The van der Waals surface area contributed by atoms with Crippen molar-refractivity contribution in [1.29, 1.82) is 0 Å². The van der Waals surface area contributed by atoms with Gasteiger partial charge >= 0.3 is 5.97 Å². The number of hydrogen-bond donors (Lipinski definition) is 1. The van der Waals surface area contributed by atoms with Crippen molar-refractivity contribution >= 4 is 5.97 Å². The highest BCUT2D eigenvalue weighted by Gasteiger charge is 2.43. The van der Waals surface area contributed by atoms with Crippen LogP contribution in [0.4, 0.5) is 0 Å². The van der Waals surface area contributed by atoms with Gasteiger partial charge in [0.2, 0.25) is 0 Å². The summed E-state index contributed by atoms with van der Waals surface area (Å²) in [6, 6.07) is 0. The molecule has 16 heavy (non-hydrogen) atoms. The van der Waals surface area contributed by atoms with Gasteiger partial charge in [0.05, 0.1) is 5.41 Å². The Bertz CT molecular complexity index is 260. The Balaban J connectivity index is 2.64. The van der Waals surface area contributed by atoms with Gasteiger partial charge in [-0.1, -0.05) is 13.8 Å². The molecule has 3 nitrogen and oxygen atoms in total. The molecule has 0 aromatic rings. The first-order valence-corrected chi connectivity index (χ1v) is 6.29. The molecule has 0 aliphatic heterocycles. The lowest BCUT2D eigenvalue weighted by Crippen LogP contribution is -2.42. The van der Waals surface area contributed by atoms with Crippen molar-refractivity contribution in [3.63, 3.8) is 0 Å². The second-order valence-corrected chi connectivity index (χ2v) is 5.48. The molecule has 1 N–H and O–H groups in total. The van der Waals surface area contributed by atoms with Crippen molar-refractivity contribution in [3.05, 3.63) is 0 Å². The number of carbonyl (C=O) groups excluding carboxylic acids is 1. The van der Waals surface area contributed by atoms with Crippen LogP contribution >= 0.6 is 0 Å². The van der Waals surface area contributed by atoms with E-state index in [0.29, 0.717) is 6.42 Å². The van der Waals surface area contributed by atoms with Crippen molar-refractivity contribution in [1.82, 2.24) is 0 Å². The summed E-state index contributed by atoms with van der Waals surface area (Å²) in [5, 5.41) is 10.3. The Labute approximate surface area is 98.2 Å². The largest absolute Gasteiger partial charge is 0.459 e. The molecule has 0 saturated heterocycles. The summed E-state index contributed by atoms with van der Waals surface area (Å²) >= 11 is 0. The van der Waals surface area contributed by atoms with Crippen molar-refractivity contribution in [3.8, 4) is 0 Å². The maximum Gasteiger partial charge on any atom is 0.311 e. The topological polar surface area (TPSA) is 46.5 Å². The smallest absolute Gasteiger partial charge is 0.311 e. The number of rotatable bonds is 4. The normalized spacial score (nSPS) is 30.4. The predicted octanol–water partition coefficient (Wildman–Crippen LogP) is 2.66. The van der Waals surface area contributed by atoms with E-state index in [-0.39, 0.29) is 12.1 Å². The van der Waals surface area contributed by atoms with Crippen LogP contribution in [0.3, 0.4) is 0 Å². The molecule has 0 bridgehead atoms. The SMILES string of the molecule is CCC(C)(C)C(=O)OC1CCCC1(O)CC. The Hall–Kier alpha value is -0.570. The van der Waals surface area contributed by atoms with Gasteiger partial charge in [-0.25, -0.2) is 0 Å². The van der Waals surface area contributed by atoms with E-state index in [0.717, 1.165) is 25.7 Å². The monoisotopic (exact) mass is 228 g/mol. The van der Waals surface area contributed by atoms with Gasteiger partial charge in [0, 0.05) is 0 Å². The van der Waals surface area contributed by atoms with Gasteiger partial charge in [-0.15, -0.1) is 0 Å². The molecule has 94 valence electrons. The van der Waals surface area contributed by atoms with Crippen LogP contribution in [0, 0.1) is 5.41 Å². The number of carbonyl (C=O) groups is 1. The maximum absolute atomic E-state index is 11.9. The van der Waals surface area contributed by atoms with Gasteiger partial charge in [-0.3, -0.25) is 4.79 Å². The van der Waals surface area contributed by atoms with E-state index in [9.17, 15) is 9.90 Å². The van der Waals surface area contributed by atoms with E-state index in [2.05, 4.69) is 0 Å². The molecule has 1 saturated carbocycles. The molecule has 3 heteroatoms. The number of esters is 1. The second kappa shape index (κ2) is 4.74. The fourth-order valence-corrected chi connectivity index (χ4v) is 2.03. The maximum atomic E-state index is 11.9. The van der Waals surface area contributed by atoms with E-state index in [1.807, 2.05) is 27.7 Å². The number of aliphatic hydroxyl groups is 1. The van der Waals surface area contributed by atoms with Gasteiger partial charge in [0.15, 0.2) is 0 Å². The van der Waals surface area contributed by atoms with Gasteiger partial charge in [-0.05, 0) is 46.0 Å². The minimum atomic E-state index is -0.792. The number of ether oxygens (including phenoxy) is 1. The molecule has 0 radical (unpaired) electrons. The van der Waals surface area contributed by atoms with Crippen LogP contribution in [-0.2, 0) is 9.53 Å². The van der Waals surface area contributed by atoms with Crippen LogP contribution in [0.2, 0.25) is 0 Å². The van der Waals surface area contributed by atoms with Crippen LogP contribution in [0.15, 0.2) is 0 Å². The lowest BCUT2D eigenvalue weighted by molar-refractivity contribution is -0.172. The molecule has 0 aromatic heterocycles. The summed E-state index contributed by atoms with van der Waals surface area (Å²) in [4.78, 5) is 11.9. The molecule has 2 unspecified atom stereocenters. The highest BCUT2D eigenvalue weighted by atomic mass is 16.6. The first kappa shape index (κ1) is 13.5. The van der Waals surface area contributed by atoms with E-state index >= 15 is 0 Å². The summed E-state index contributed by atoms with van der Waals surface area (Å²) in [7, 11) is 0. The van der Waals surface area contributed by atoms with Crippen LogP contribution in [0.1, 0.15) is 59.8 Å².